The number of aromatic nitrogens is 8. The number of aryl methyl sites for hydroxylation is 2. The Balaban J connectivity index is 0.945. The first-order valence-electron chi connectivity index (χ1n) is 18.8. The van der Waals surface area contributed by atoms with E-state index in [1.54, 1.807) is 83.1 Å². The quantitative estimate of drug-likeness (QED) is 0.121. The van der Waals surface area contributed by atoms with Crippen LogP contribution in [0.2, 0.25) is 0 Å². The van der Waals surface area contributed by atoms with Crippen molar-refractivity contribution in [2.45, 2.75) is 13.1 Å². The van der Waals surface area contributed by atoms with Crippen molar-refractivity contribution in [3.05, 3.63) is 183 Å². The van der Waals surface area contributed by atoms with E-state index < -0.39 is 34.4 Å². The molecule has 0 saturated carbocycles. The van der Waals surface area contributed by atoms with E-state index in [2.05, 4.69) is 15.1 Å². The van der Waals surface area contributed by atoms with E-state index in [1.807, 2.05) is 36.3 Å². The normalized spacial score (nSPS) is 11.8. The Kier molecular flexibility index (Phi) is 8.52. The average molecular weight is 804 g/mol. The van der Waals surface area contributed by atoms with Crippen LogP contribution in [-0.4, -0.2) is 33.6 Å². The van der Waals surface area contributed by atoms with Crippen molar-refractivity contribution in [2.75, 3.05) is 0 Å². The van der Waals surface area contributed by atoms with Gasteiger partial charge in [0.05, 0.1) is 58.5 Å². The molecule has 0 N–H and O–H groups in total. The van der Waals surface area contributed by atoms with E-state index in [4.69, 9.17) is 0 Å². The molecule has 10 nitrogen and oxygen atoms in total. The lowest BCUT2D eigenvalue weighted by atomic mass is 9.99. The second-order valence-electron chi connectivity index (χ2n) is 14.7. The number of fused-ring (bicyclic) bond motifs is 4. The highest BCUT2D eigenvalue weighted by Gasteiger charge is 2.22. The molecule has 0 bridgehead atoms. The maximum Gasteiger partial charge on any atom is 0.261 e. The molecule has 294 valence electrons. The molecule has 0 unspecified atom stereocenters. The van der Waals surface area contributed by atoms with Gasteiger partial charge in [0, 0.05) is 29.8 Å². The molecule has 0 aliphatic carbocycles. The minimum atomic E-state index is -0.807. The molecule has 0 aliphatic rings. The number of hydrogen-bond donors (Lipinski definition) is 0. The summed E-state index contributed by atoms with van der Waals surface area (Å²) in [4.78, 5) is 35.5. The van der Waals surface area contributed by atoms with Crippen LogP contribution in [0.4, 0.5) is 17.6 Å². The molecule has 4 heterocycles. The molecule has 4 aromatic heterocycles. The van der Waals surface area contributed by atoms with Crippen LogP contribution >= 0.6 is 0 Å². The first kappa shape index (κ1) is 36.6. The molecule has 60 heavy (non-hydrogen) atoms. The number of para-hydroxylation sites is 1. The van der Waals surface area contributed by atoms with E-state index in [9.17, 15) is 9.59 Å². The van der Waals surface area contributed by atoms with Gasteiger partial charge in [-0.15, -0.1) is 9.36 Å². The van der Waals surface area contributed by atoms with Crippen molar-refractivity contribution in [2.24, 2.45) is 14.1 Å². The summed E-state index contributed by atoms with van der Waals surface area (Å²) in [7, 11) is 3.61. The minimum absolute atomic E-state index is 0.246. The van der Waals surface area contributed by atoms with Crippen LogP contribution in [0.25, 0.3) is 71.6 Å². The summed E-state index contributed by atoms with van der Waals surface area (Å²) in [5, 5.41) is 6.47. The third-order valence-electron chi connectivity index (χ3n) is 10.9. The Morgan fingerprint density at radius 2 is 1.23 bits per heavy atom. The van der Waals surface area contributed by atoms with Crippen molar-refractivity contribution in [1.82, 2.24) is 33.6 Å². The summed E-state index contributed by atoms with van der Waals surface area (Å²) in [5.41, 5.74) is 3.40. The van der Waals surface area contributed by atoms with Crippen LogP contribution in [0.5, 0.6) is 0 Å². The fourth-order valence-corrected chi connectivity index (χ4v) is 7.97. The molecule has 0 amide bonds. The van der Waals surface area contributed by atoms with Gasteiger partial charge in [-0.25, -0.2) is 27.5 Å². The molecule has 10 rings (SSSR count). The van der Waals surface area contributed by atoms with E-state index in [0.717, 1.165) is 10.9 Å². The molecular formula is C46H31F4N8O2+. The minimum Gasteiger partial charge on any atom is -0.294 e. The highest BCUT2D eigenvalue weighted by atomic mass is 19.1. The number of nitrogens with zero attached hydrogens (tertiary/aromatic N) is 8. The summed E-state index contributed by atoms with van der Waals surface area (Å²) < 4.78 is 70.1. The monoisotopic (exact) mass is 803 g/mol. The summed E-state index contributed by atoms with van der Waals surface area (Å²) in [6.07, 6.45) is 6.21. The standard InChI is InChI=1S/C46H31F4N8O2/c1-54-20-29-14-26(10-13-41(29)53-54)27-15-37(47)35(38(48)16-27)22-57-25-52-43-19-30(11-12-33(43)46(57)60)58-44-9-5-7-31(34(44)21-55(58)2)28-17-39(49)36(40(50)18-28)23-56-24-51-42-8-4-3-6-32(42)45(56)59/h3-21,24-25H,22-23H2,1-2H3/q+1. The molecule has 14 heteroatoms. The van der Waals surface area contributed by atoms with Gasteiger partial charge in [-0.1, -0.05) is 30.3 Å². The smallest absolute Gasteiger partial charge is 0.261 e. The second-order valence-corrected chi connectivity index (χ2v) is 14.7. The molecule has 0 fully saturated rings. The predicted octanol–water partition coefficient (Wildman–Crippen LogP) is 7.75. The summed E-state index contributed by atoms with van der Waals surface area (Å²) in [6, 6.07) is 27.6. The Labute approximate surface area is 337 Å². The van der Waals surface area contributed by atoms with E-state index in [-0.39, 0.29) is 29.6 Å². The lowest BCUT2D eigenvalue weighted by Gasteiger charge is -2.12. The molecule has 10 aromatic rings. The second kappa shape index (κ2) is 14.0. The highest BCUT2D eigenvalue weighted by Crippen LogP contribution is 2.33. The van der Waals surface area contributed by atoms with E-state index in [1.165, 1.54) is 46.1 Å². The van der Waals surface area contributed by atoms with Gasteiger partial charge in [-0.2, -0.15) is 5.10 Å². The topological polar surface area (TPSA) is 96.4 Å². The van der Waals surface area contributed by atoms with Gasteiger partial charge in [-0.05, 0) is 95.1 Å². The lowest BCUT2D eigenvalue weighted by Crippen LogP contribution is -2.36. The zero-order chi connectivity index (χ0) is 41.4. The van der Waals surface area contributed by atoms with Gasteiger partial charge in [0.1, 0.15) is 34.5 Å². The molecule has 6 aromatic carbocycles. The molecule has 0 atom stereocenters. The third-order valence-corrected chi connectivity index (χ3v) is 10.9. The molecule has 0 spiro atoms. The molecule has 0 aliphatic heterocycles. The highest BCUT2D eigenvalue weighted by molar-refractivity contribution is 5.95. The summed E-state index contributed by atoms with van der Waals surface area (Å²) >= 11 is 0. The number of hydrogen-bond acceptors (Lipinski definition) is 5. The molecular weight excluding hydrogens is 773 g/mol. The fourth-order valence-electron chi connectivity index (χ4n) is 7.97. The van der Waals surface area contributed by atoms with Crippen molar-refractivity contribution in [1.29, 1.82) is 0 Å². The zero-order valence-electron chi connectivity index (χ0n) is 31.9. The van der Waals surface area contributed by atoms with Gasteiger partial charge < -0.3 is 0 Å². The maximum atomic E-state index is 15.7. The fraction of sp³-hybridized carbons (Fsp3) is 0.0870. The van der Waals surface area contributed by atoms with Crippen molar-refractivity contribution in [3.63, 3.8) is 0 Å². The van der Waals surface area contributed by atoms with Crippen LogP contribution < -0.4 is 15.8 Å². The SMILES string of the molecule is Cn1cc2cc(-c3cc(F)c(Cn4cnc5cc(-n6c7cccc(-c8cc(F)c(Cn9cnc%10ccccc%10c9=O)c(F)c8)c7c[n+]6C)ccc5c4=O)c(F)c3)ccc2n1. The lowest BCUT2D eigenvalue weighted by molar-refractivity contribution is -0.741. The average Bonchev–Trinajstić information content (AvgIpc) is 3.79. The van der Waals surface area contributed by atoms with Crippen molar-refractivity contribution < 1.29 is 22.2 Å². The first-order chi connectivity index (χ1) is 29.0. The van der Waals surface area contributed by atoms with E-state index >= 15 is 17.6 Å². The Hall–Kier alpha value is -7.74. The first-order valence-corrected chi connectivity index (χ1v) is 18.8. The third kappa shape index (κ3) is 6.11. The predicted molar refractivity (Wildman–Crippen MR) is 220 cm³/mol. The van der Waals surface area contributed by atoms with Gasteiger partial charge in [0.15, 0.2) is 7.05 Å². The van der Waals surface area contributed by atoms with Crippen LogP contribution in [0, 0.1) is 23.3 Å². The number of benzene rings is 6. The van der Waals surface area contributed by atoms with Gasteiger partial charge in [0.25, 0.3) is 11.1 Å². The van der Waals surface area contributed by atoms with Gasteiger partial charge in [-0.3, -0.25) is 23.4 Å². The van der Waals surface area contributed by atoms with Crippen LogP contribution in [0.1, 0.15) is 11.1 Å². The molecule has 0 radical (unpaired) electrons. The molecule has 0 saturated heterocycles. The van der Waals surface area contributed by atoms with Crippen LogP contribution in [0.15, 0.2) is 138 Å². The Bertz CT molecular complexity index is 3490. The zero-order valence-corrected chi connectivity index (χ0v) is 31.9. The number of halogens is 4. The van der Waals surface area contributed by atoms with E-state index in [0.29, 0.717) is 55.3 Å². The van der Waals surface area contributed by atoms with Crippen molar-refractivity contribution in [3.8, 4) is 27.9 Å². The van der Waals surface area contributed by atoms with Crippen LogP contribution in [-0.2, 0) is 27.2 Å². The van der Waals surface area contributed by atoms with Gasteiger partial charge in [0.2, 0.25) is 6.20 Å². The Morgan fingerprint density at radius 1 is 0.600 bits per heavy atom. The maximum absolute atomic E-state index is 15.7. The Morgan fingerprint density at radius 3 is 1.93 bits per heavy atom. The van der Waals surface area contributed by atoms with Crippen molar-refractivity contribution >= 4 is 43.6 Å². The van der Waals surface area contributed by atoms with Gasteiger partial charge >= 0.3 is 0 Å². The largest absolute Gasteiger partial charge is 0.294 e. The number of rotatable bonds is 7. The van der Waals surface area contributed by atoms with Crippen LogP contribution in [0.3, 0.4) is 0 Å². The summed E-state index contributed by atoms with van der Waals surface area (Å²) in [5.74, 6) is -3.19. The summed E-state index contributed by atoms with van der Waals surface area (Å²) in [6.45, 7) is -0.707.